The number of nitrogens with one attached hydrogen (secondary N) is 2. The Morgan fingerprint density at radius 1 is 1.22 bits per heavy atom. The molecule has 0 aliphatic carbocycles. The maximum atomic E-state index is 11.2. The lowest BCUT2D eigenvalue weighted by atomic mass is 10.1. The van der Waals surface area contributed by atoms with Gasteiger partial charge in [0.1, 0.15) is 11.4 Å². The molecule has 136 valence electrons. The summed E-state index contributed by atoms with van der Waals surface area (Å²) in [6.45, 7) is 0. The Labute approximate surface area is 162 Å². The molecule has 7 nitrogen and oxygen atoms in total. The summed E-state index contributed by atoms with van der Waals surface area (Å²) in [5, 5.41) is 17.8. The van der Waals surface area contributed by atoms with Crippen LogP contribution in [0.1, 0.15) is 10.4 Å². The zero-order valence-corrected chi connectivity index (χ0v) is 15.4. The lowest BCUT2D eigenvalue weighted by molar-refractivity contribution is 0.0697. The number of aromatic carboxylic acids is 1. The smallest absolute Gasteiger partial charge is 0.335 e. The molecule has 0 bridgehead atoms. The second kappa shape index (κ2) is 6.61. The fourth-order valence-corrected chi connectivity index (χ4v) is 3.44. The summed E-state index contributed by atoms with van der Waals surface area (Å²) in [6.07, 6.45) is 1.61. The third-order valence-corrected chi connectivity index (χ3v) is 4.61. The fourth-order valence-electron chi connectivity index (χ4n) is 2.87. The lowest BCUT2D eigenvalue weighted by Crippen LogP contribution is -1.95. The van der Waals surface area contributed by atoms with Crippen molar-refractivity contribution < 1.29 is 14.6 Å². The SMILES string of the molecule is COc1c(Cl)cc(Cl)cc1-c1cnc(-c2n[nH]c3ccc(C(=O)O)cc23)[nH]1. The number of hydrogen-bond donors (Lipinski definition) is 3. The summed E-state index contributed by atoms with van der Waals surface area (Å²) in [4.78, 5) is 18.8. The molecular weight excluding hydrogens is 391 g/mol. The van der Waals surface area contributed by atoms with E-state index in [1.807, 2.05) is 0 Å². The van der Waals surface area contributed by atoms with E-state index in [9.17, 15) is 9.90 Å². The van der Waals surface area contributed by atoms with Crippen LogP contribution in [0.15, 0.2) is 36.5 Å². The Morgan fingerprint density at radius 3 is 2.78 bits per heavy atom. The van der Waals surface area contributed by atoms with Gasteiger partial charge in [-0.2, -0.15) is 5.10 Å². The van der Waals surface area contributed by atoms with E-state index < -0.39 is 5.97 Å². The second-order valence-corrected chi connectivity index (χ2v) is 6.60. The minimum atomic E-state index is -1.01. The van der Waals surface area contributed by atoms with Gasteiger partial charge in [0.15, 0.2) is 5.82 Å². The Morgan fingerprint density at radius 2 is 2.04 bits per heavy atom. The maximum Gasteiger partial charge on any atom is 0.335 e. The van der Waals surface area contributed by atoms with E-state index in [1.54, 1.807) is 30.5 Å². The van der Waals surface area contributed by atoms with Gasteiger partial charge in [-0.15, -0.1) is 0 Å². The summed E-state index contributed by atoms with van der Waals surface area (Å²) in [7, 11) is 1.52. The van der Waals surface area contributed by atoms with Gasteiger partial charge in [-0.25, -0.2) is 9.78 Å². The third-order valence-electron chi connectivity index (χ3n) is 4.11. The van der Waals surface area contributed by atoms with Crippen molar-refractivity contribution in [1.29, 1.82) is 0 Å². The number of aromatic nitrogens is 4. The predicted molar refractivity (Wildman–Crippen MR) is 103 cm³/mol. The van der Waals surface area contributed by atoms with E-state index in [1.165, 1.54) is 13.2 Å². The van der Waals surface area contributed by atoms with Crippen LogP contribution in [0, 0.1) is 0 Å². The van der Waals surface area contributed by atoms with E-state index in [2.05, 4.69) is 20.2 Å². The van der Waals surface area contributed by atoms with Crippen molar-refractivity contribution in [3.63, 3.8) is 0 Å². The number of hydrogen-bond acceptors (Lipinski definition) is 4. The second-order valence-electron chi connectivity index (χ2n) is 5.75. The van der Waals surface area contributed by atoms with Gasteiger partial charge >= 0.3 is 5.97 Å². The van der Waals surface area contributed by atoms with Crippen LogP contribution in [0.25, 0.3) is 33.7 Å². The highest BCUT2D eigenvalue weighted by molar-refractivity contribution is 6.36. The summed E-state index contributed by atoms with van der Waals surface area (Å²) in [5.74, 6) is -0.0734. The zero-order valence-electron chi connectivity index (χ0n) is 13.9. The molecule has 0 aliphatic heterocycles. The molecule has 2 aromatic heterocycles. The number of carbonyl (C=O) groups is 1. The summed E-state index contributed by atoms with van der Waals surface area (Å²) >= 11 is 12.3. The molecule has 0 amide bonds. The Hall–Kier alpha value is -3.03. The number of halogens is 2. The molecular formula is C18H12Cl2N4O3. The third kappa shape index (κ3) is 3.01. The van der Waals surface area contributed by atoms with Crippen molar-refractivity contribution in [2.24, 2.45) is 0 Å². The van der Waals surface area contributed by atoms with Crippen LogP contribution in [-0.4, -0.2) is 38.4 Å². The van der Waals surface area contributed by atoms with Gasteiger partial charge in [-0.05, 0) is 30.3 Å². The minimum Gasteiger partial charge on any atom is -0.494 e. The first-order chi connectivity index (χ1) is 13.0. The first kappa shape index (κ1) is 17.4. The molecule has 2 heterocycles. The van der Waals surface area contributed by atoms with Crippen LogP contribution in [0.4, 0.5) is 0 Å². The van der Waals surface area contributed by atoms with Crippen molar-refractivity contribution in [3.8, 4) is 28.5 Å². The van der Waals surface area contributed by atoms with E-state index in [4.69, 9.17) is 27.9 Å². The first-order valence-corrected chi connectivity index (χ1v) is 8.53. The van der Waals surface area contributed by atoms with Crippen molar-refractivity contribution in [1.82, 2.24) is 20.2 Å². The number of H-pyrrole nitrogens is 2. The normalized spacial score (nSPS) is 11.1. The molecule has 0 spiro atoms. The Kier molecular flexibility index (Phi) is 4.25. The van der Waals surface area contributed by atoms with Gasteiger partial charge < -0.3 is 14.8 Å². The van der Waals surface area contributed by atoms with Gasteiger partial charge in [-0.1, -0.05) is 23.2 Å². The van der Waals surface area contributed by atoms with Crippen molar-refractivity contribution in [2.45, 2.75) is 0 Å². The van der Waals surface area contributed by atoms with Crippen molar-refractivity contribution in [2.75, 3.05) is 7.11 Å². The highest BCUT2D eigenvalue weighted by Gasteiger charge is 2.17. The molecule has 0 fully saturated rings. The molecule has 27 heavy (non-hydrogen) atoms. The standard InChI is InChI=1S/C18H12Cl2N4O3/c1-27-16-11(5-9(19)6-12(16)20)14-7-21-17(22-14)15-10-4-8(18(25)26)2-3-13(10)23-24-15/h2-7H,1H3,(H,21,22)(H,23,24)(H,25,26). The Balaban J connectivity index is 1.84. The molecule has 9 heteroatoms. The van der Waals surface area contributed by atoms with Crippen LogP contribution >= 0.6 is 23.2 Å². The maximum absolute atomic E-state index is 11.2. The summed E-state index contributed by atoms with van der Waals surface area (Å²) in [6, 6.07) is 8.04. The molecule has 0 aliphatic rings. The van der Waals surface area contributed by atoms with E-state index in [-0.39, 0.29) is 5.56 Å². The van der Waals surface area contributed by atoms with Gasteiger partial charge in [-0.3, -0.25) is 5.10 Å². The number of nitrogens with zero attached hydrogens (tertiary/aromatic N) is 2. The number of ether oxygens (including phenoxy) is 1. The number of fused-ring (bicyclic) bond motifs is 1. The van der Waals surface area contributed by atoms with E-state index in [0.717, 1.165) is 0 Å². The number of carboxylic acids is 1. The molecule has 2 aromatic carbocycles. The Bertz CT molecular complexity index is 1180. The predicted octanol–water partition coefficient (Wildman–Crippen LogP) is 4.63. The van der Waals surface area contributed by atoms with Gasteiger partial charge in [0.2, 0.25) is 0 Å². The molecule has 0 unspecified atom stereocenters. The van der Waals surface area contributed by atoms with Crippen LogP contribution in [0.5, 0.6) is 5.75 Å². The number of methoxy groups -OCH3 is 1. The largest absolute Gasteiger partial charge is 0.494 e. The van der Waals surface area contributed by atoms with Gasteiger partial charge in [0.25, 0.3) is 0 Å². The highest BCUT2D eigenvalue weighted by Crippen LogP contribution is 2.39. The number of carboxylic acid groups (broad SMARTS) is 1. The van der Waals surface area contributed by atoms with Crippen LogP contribution in [0.3, 0.4) is 0 Å². The minimum absolute atomic E-state index is 0.167. The lowest BCUT2D eigenvalue weighted by Gasteiger charge is -2.09. The molecule has 0 atom stereocenters. The van der Waals surface area contributed by atoms with Gasteiger partial charge in [0.05, 0.1) is 35.1 Å². The van der Waals surface area contributed by atoms with Crippen molar-refractivity contribution >= 4 is 40.1 Å². The molecule has 3 N–H and O–H groups in total. The van der Waals surface area contributed by atoms with Crippen molar-refractivity contribution in [3.05, 3.63) is 52.1 Å². The zero-order chi connectivity index (χ0) is 19.1. The monoisotopic (exact) mass is 402 g/mol. The van der Waals surface area contributed by atoms with E-state index in [0.29, 0.717) is 49.5 Å². The molecule has 0 saturated heterocycles. The molecule has 0 saturated carbocycles. The highest BCUT2D eigenvalue weighted by atomic mass is 35.5. The summed E-state index contributed by atoms with van der Waals surface area (Å²) < 4.78 is 5.37. The molecule has 0 radical (unpaired) electrons. The first-order valence-electron chi connectivity index (χ1n) is 7.78. The quantitative estimate of drug-likeness (QED) is 0.461. The van der Waals surface area contributed by atoms with Crippen LogP contribution < -0.4 is 4.74 Å². The molecule has 4 aromatic rings. The topological polar surface area (TPSA) is 104 Å². The van der Waals surface area contributed by atoms with Gasteiger partial charge in [0, 0.05) is 16.0 Å². The van der Waals surface area contributed by atoms with Crippen LogP contribution in [0.2, 0.25) is 10.0 Å². The van der Waals surface area contributed by atoms with E-state index >= 15 is 0 Å². The average Bonchev–Trinajstić information content (AvgIpc) is 3.27. The number of imidazole rings is 1. The molecule has 4 rings (SSSR count). The number of benzene rings is 2. The van der Waals surface area contributed by atoms with Crippen LogP contribution in [-0.2, 0) is 0 Å². The number of rotatable bonds is 4. The summed E-state index contributed by atoms with van der Waals surface area (Å²) in [5.41, 5.74) is 2.67. The average molecular weight is 403 g/mol. The number of aromatic amines is 2. The fraction of sp³-hybridized carbons (Fsp3) is 0.0556.